The lowest BCUT2D eigenvalue weighted by atomic mass is 9.94. The molecule has 9 nitrogen and oxygen atoms in total. The summed E-state index contributed by atoms with van der Waals surface area (Å²) in [5, 5.41) is 7.92. The van der Waals surface area contributed by atoms with E-state index in [-0.39, 0.29) is 45.4 Å². The zero-order valence-corrected chi connectivity index (χ0v) is 24.1. The number of methoxy groups -OCH3 is 1. The SMILES string of the molecule is COc1cc(NC(=O)c2ccc(-c3ccccc3OC(F)(F)F)c(CCN3CC(C)OC(C)C3)c2)ccc1S(N)(=O)=O. The molecule has 3 N–H and O–H groups in total. The molecule has 2 unspecified atom stereocenters. The minimum atomic E-state index is -4.88. The third kappa shape index (κ3) is 8.00. The van der Waals surface area contributed by atoms with Crippen molar-refractivity contribution in [3.63, 3.8) is 0 Å². The maximum absolute atomic E-state index is 13.2. The number of ether oxygens (including phenoxy) is 3. The van der Waals surface area contributed by atoms with Crippen molar-refractivity contribution in [2.45, 2.75) is 43.7 Å². The summed E-state index contributed by atoms with van der Waals surface area (Å²) in [5.74, 6) is -0.901. The van der Waals surface area contributed by atoms with Gasteiger partial charge in [-0.15, -0.1) is 13.2 Å². The third-order valence-electron chi connectivity index (χ3n) is 6.69. The molecule has 2 atom stereocenters. The molecule has 0 spiro atoms. The highest BCUT2D eigenvalue weighted by Crippen LogP contribution is 2.36. The molecule has 1 fully saturated rings. The second kappa shape index (κ2) is 12.7. The van der Waals surface area contributed by atoms with Gasteiger partial charge in [-0.25, -0.2) is 13.6 Å². The van der Waals surface area contributed by atoms with Crippen LogP contribution in [0.4, 0.5) is 18.9 Å². The Kier molecular flexibility index (Phi) is 9.46. The number of nitrogens with two attached hydrogens (primary N) is 1. The summed E-state index contributed by atoms with van der Waals surface area (Å²) in [7, 11) is -2.77. The van der Waals surface area contributed by atoms with Gasteiger partial charge in [0, 0.05) is 42.5 Å². The molecule has 0 radical (unpaired) electrons. The number of primary sulfonamides is 1. The predicted molar refractivity (Wildman–Crippen MR) is 151 cm³/mol. The second-order valence-corrected chi connectivity index (χ2v) is 11.6. The summed E-state index contributed by atoms with van der Waals surface area (Å²) >= 11 is 0. The molecule has 226 valence electrons. The lowest BCUT2D eigenvalue weighted by Crippen LogP contribution is -2.46. The maximum atomic E-state index is 13.2. The number of alkyl halides is 3. The molecule has 0 aliphatic carbocycles. The zero-order valence-electron chi connectivity index (χ0n) is 23.3. The van der Waals surface area contributed by atoms with E-state index in [1.165, 1.54) is 49.6 Å². The highest BCUT2D eigenvalue weighted by Gasteiger charge is 2.32. The average molecular weight is 608 g/mol. The molecule has 0 bridgehead atoms. The van der Waals surface area contributed by atoms with E-state index >= 15 is 0 Å². The monoisotopic (exact) mass is 607 g/mol. The smallest absolute Gasteiger partial charge is 0.495 e. The van der Waals surface area contributed by atoms with Crippen LogP contribution in [-0.4, -0.2) is 64.5 Å². The largest absolute Gasteiger partial charge is 0.573 e. The Bertz CT molecular complexity index is 1540. The molecular weight excluding hydrogens is 575 g/mol. The van der Waals surface area contributed by atoms with Gasteiger partial charge in [0.15, 0.2) is 0 Å². The van der Waals surface area contributed by atoms with Crippen LogP contribution >= 0.6 is 0 Å². The first kappa shape index (κ1) is 31.3. The molecular formula is C29H32F3N3O6S. The number of hydrogen-bond donors (Lipinski definition) is 2. The molecule has 1 amide bonds. The third-order valence-corrected chi connectivity index (χ3v) is 7.64. The van der Waals surface area contributed by atoms with Crippen LogP contribution in [0.25, 0.3) is 11.1 Å². The first-order valence-electron chi connectivity index (χ1n) is 13.1. The van der Waals surface area contributed by atoms with Crippen molar-refractivity contribution in [3.8, 4) is 22.6 Å². The zero-order chi connectivity index (χ0) is 30.7. The molecule has 4 rings (SSSR count). The molecule has 1 heterocycles. The molecule has 1 aliphatic rings. The quantitative estimate of drug-likeness (QED) is 0.358. The molecule has 3 aromatic carbocycles. The Labute approximate surface area is 242 Å². The van der Waals surface area contributed by atoms with Crippen molar-refractivity contribution < 1.29 is 40.6 Å². The number of carbonyl (C=O) groups is 1. The van der Waals surface area contributed by atoms with E-state index in [1.54, 1.807) is 18.2 Å². The van der Waals surface area contributed by atoms with Gasteiger partial charge in [-0.1, -0.05) is 24.3 Å². The van der Waals surface area contributed by atoms with Crippen molar-refractivity contribution in [1.29, 1.82) is 0 Å². The number of morpholine rings is 1. The number of benzene rings is 3. The molecule has 1 saturated heterocycles. The van der Waals surface area contributed by atoms with Crippen LogP contribution in [0.3, 0.4) is 0 Å². The molecule has 13 heteroatoms. The number of anilines is 1. The van der Waals surface area contributed by atoms with Gasteiger partial charge < -0.3 is 19.5 Å². The van der Waals surface area contributed by atoms with Crippen molar-refractivity contribution >= 4 is 21.6 Å². The summed E-state index contributed by atoms with van der Waals surface area (Å²) in [6, 6.07) is 14.5. The van der Waals surface area contributed by atoms with Gasteiger partial charge in [-0.05, 0) is 61.7 Å². The highest BCUT2D eigenvalue weighted by molar-refractivity contribution is 7.89. The van der Waals surface area contributed by atoms with Crippen molar-refractivity contribution in [2.24, 2.45) is 5.14 Å². The van der Waals surface area contributed by atoms with Crippen molar-refractivity contribution in [2.75, 3.05) is 32.1 Å². The Morgan fingerprint density at radius 2 is 1.71 bits per heavy atom. The Morgan fingerprint density at radius 1 is 1.02 bits per heavy atom. The number of nitrogens with one attached hydrogen (secondary N) is 1. The summed E-state index contributed by atoms with van der Waals surface area (Å²) in [6.45, 7) is 5.95. The van der Waals surface area contributed by atoms with Crippen LogP contribution in [0.15, 0.2) is 65.6 Å². The first-order chi connectivity index (χ1) is 19.7. The maximum Gasteiger partial charge on any atom is 0.573 e. The Morgan fingerprint density at radius 3 is 2.36 bits per heavy atom. The summed E-state index contributed by atoms with van der Waals surface area (Å²) in [6.07, 6.45) is -4.38. The van der Waals surface area contributed by atoms with E-state index in [4.69, 9.17) is 14.6 Å². The van der Waals surface area contributed by atoms with Crippen molar-refractivity contribution in [3.05, 3.63) is 71.8 Å². The van der Waals surface area contributed by atoms with Crippen LogP contribution in [-0.2, 0) is 21.2 Å². The summed E-state index contributed by atoms with van der Waals surface area (Å²) in [4.78, 5) is 15.2. The Balaban J connectivity index is 1.67. The Hall–Kier alpha value is -3.65. The molecule has 0 saturated carbocycles. The second-order valence-electron chi connectivity index (χ2n) is 10.0. The fourth-order valence-corrected chi connectivity index (χ4v) is 5.72. The van der Waals surface area contributed by atoms with Gasteiger partial charge in [0.2, 0.25) is 10.0 Å². The minimum Gasteiger partial charge on any atom is -0.495 e. The van der Waals surface area contributed by atoms with Crippen molar-refractivity contribution in [1.82, 2.24) is 4.90 Å². The fraction of sp³-hybridized carbons (Fsp3) is 0.345. The molecule has 1 aliphatic heterocycles. The minimum absolute atomic E-state index is 0.0314. The van der Waals surface area contributed by atoms with Crippen LogP contribution in [0.2, 0.25) is 0 Å². The number of amides is 1. The standard InChI is InChI=1S/C29H32F3N3O6S/c1-18-16-35(17-19(2)40-18)13-12-20-14-21(8-10-23(20)24-6-4-5-7-25(24)41-29(30,31)32)28(36)34-22-9-11-27(42(33,37)38)26(15-22)39-3/h4-11,14-15,18-19H,12-13,16-17H2,1-3H3,(H,34,36)(H2,33,37,38). The summed E-state index contributed by atoms with van der Waals surface area (Å²) in [5.41, 5.74) is 1.90. The van der Waals surface area contributed by atoms with E-state index in [0.717, 1.165) is 0 Å². The number of para-hydroxylation sites is 1. The predicted octanol–water partition coefficient (Wildman–Crippen LogP) is 4.81. The number of carbonyl (C=O) groups excluding carboxylic acids is 1. The van der Waals surface area contributed by atoms with Gasteiger partial charge in [0.1, 0.15) is 16.4 Å². The van der Waals surface area contributed by atoms with Gasteiger partial charge in [-0.3, -0.25) is 9.69 Å². The van der Waals surface area contributed by atoms with Gasteiger partial charge in [0.05, 0.1) is 19.3 Å². The van der Waals surface area contributed by atoms with Gasteiger partial charge in [0.25, 0.3) is 5.91 Å². The normalized spacial score (nSPS) is 18.0. The lowest BCUT2D eigenvalue weighted by molar-refractivity contribution is -0.274. The average Bonchev–Trinajstić information content (AvgIpc) is 2.90. The van der Waals surface area contributed by atoms with E-state index in [0.29, 0.717) is 37.2 Å². The number of sulfonamides is 1. The fourth-order valence-electron chi connectivity index (χ4n) is 5.04. The van der Waals surface area contributed by atoms with Crippen LogP contribution < -0.4 is 19.9 Å². The van der Waals surface area contributed by atoms with E-state index in [9.17, 15) is 26.4 Å². The molecule has 3 aromatic rings. The highest BCUT2D eigenvalue weighted by atomic mass is 32.2. The number of halogens is 3. The van der Waals surface area contributed by atoms with E-state index < -0.39 is 22.3 Å². The molecule has 0 aromatic heterocycles. The lowest BCUT2D eigenvalue weighted by Gasteiger charge is -2.35. The van der Waals surface area contributed by atoms with E-state index in [2.05, 4.69) is 15.0 Å². The van der Waals surface area contributed by atoms with Gasteiger partial charge >= 0.3 is 6.36 Å². The van der Waals surface area contributed by atoms with E-state index in [1.807, 2.05) is 13.8 Å². The number of nitrogens with zero attached hydrogens (tertiary/aromatic N) is 1. The molecule has 42 heavy (non-hydrogen) atoms. The number of hydrogen-bond acceptors (Lipinski definition) is 7. The number of rotatable bonds is 9. The summed E-state index contributed by atoms with van der Waals surface area (Å²) < 4.78 is 78.4. The van der Waals surface area contributed by atoms with Crippen LogP contribution in [0.1, 0.15) is 29.8 Å². The first-order valence-corrected chi connectivity index (χ1v) is 14.7. The van der Waals surface area contributed by atoms with Crippen LogP contribution in [0, 0.1) is 0 Å². The topological polar surface area (TPSA) is 120 Å². The van der Waals surface area contributed by atoms with Crippen LogP contribution in [0.5, 0.6) is 11.5 Å². The van der Waals surface area contributed by atoms with Gasteiger partial charge in [-0.2, -0.15) is 0 Å².